The van der Waals surface area contributed by atoms with Crippen molar-refractivity contribution in [3.63, 3.8) is 0 Å². The third-order valence-corrected chi connectivity index (χ3v) is 4.39. The summed E-state index contributed by atoms with van der Waals surface area (Å²) in [6, 6.07) is 16.3. The number of amides is 1. The molecule has 0 aliphatic carbocycles. The van der Waals surface area contributed by atoms with Gasteiger partial charge in [0.2, 0.25) is 0 Å². The van der Waals surface area contributed by atoms with E-state index in [1.165, 1.54) is 5.56 Å². The van der Waals surface area contributed by atoms with E-state index in [1.54, 1.807) is 0 Å². The van der Waals surface area contributed by atoms with E-state index in [9.17, 15) is 4.79 Å². The molecule has 3 rings (SSSR count). The van der Waals surface area contributed by atoms with Crippen LogP contribution in [0.5, 0.6) is 0 Å². The summed E-state index contributed by atoms with van der Waals surface area (Å²) < 4.78 is 0. The van der Waals surface area contributed by atoms with Gasteiger partial charge in [-0.05, 0) is 49.2 Å². The van der Waals surface area contributed by atoms with E-state index in [2.05, 4.69) is 42.3 Å². The molecule has 1 aliphatic heterocycles. The fourth-order valence-corrected chi connectivity index (χ4v) is 3.49. The Bertz CT molecular complexity index is 690. The number of rotatable bonds is 5. The first-order valence-corrected chi connectivity index (χ1v) is 8.49. The summed E-state index contributed by atoms with van der Waals surface area (Å²) in [5, 5.41) is 3.08. The van der Waals surface area contributed by atoms with Crippen molar-refractivity contribution in [2.45, 2.75) is 32.7 Å². The minimum absolute atomic E-state index is 0.0107. The lowest BCUT2D eigenvalue weighted by Gasteiger charge is -2.32. The maximum Gasteiger partial charge on any atom is 0.256 e. The Kier molecular flexibility index (Phi) is 4.77. The number of nitrogens with zero attached hydrogens (tertiary/aromatic N) is 1. The molecule has 1 atom stereocenters. The predicted molar refractivity (Wildman–Crippen MR) is 94.8 cm³/mol. The molecule has 1 unspecified atom stereocenters. The van der Waals surface area contributed by atoms with Crippen LogP contribution in [0.1, 0.15) is 54.2 Å². The van der Waals surface area contributed by atoms with Crippen molar-refractivity contribution in [2.24, 2.45) is 0 Å². The fourth-order valence-electron chi connectivity index (χ4n) is 3.49. The maximum atomic E-state index is 12.6. The highest BCUT2D eigenvalue weighted by Crippen LogP contribution is 2.38. The number of para-hydroxylation sites is 1. The zero-order chi connectivity index (χ0) is 16.2. The number of benzene rings is 2. The van der Waals surface area contributed by atoms with Gasteiger partial charge in [0, 0.05) is 11.3 Å². The summed E-state index contributed by atoms with van der Waals surface area (Å²) in [6.45, 7) is 6.46. The molecule has 23 heavy (non-hydrogen) atoms. The highest BCUT2D eigenvalue weighted by molar-refractivity contribution is 6.07. The van der Waals surface area contributed by atoms with E-state index in [0.717, 1.165) is 42.7 Å². The highest BCUT2D eigenvalue weighted by Gasteiger charge is 2.30. The zero-order valence-corrected chi connectivity index (χ0v) is 13.9. The van der Waals surface area contributed by atoms with Gasteiger partial charge in [-0.1, -0.05) is 50.2 Å². The Hall–Kier alpha value is -2.13. The van der Waals surface area contributed by atoms with E-state index < -0.39 is 0 Å². The summed E-state index contributed by atoms with van der Waals surface area (Å²) in [4.78, 5) is 15.1. The van der Waals surface area contributed by atoms with Crippen LogP contribution in [0.3, 0.4) is 0 Å². The molecule has 120 valence electrons. The Morgan fingerprint density at radius 1 is 0.913 bits per heavy atom. The first kappa shape index (κ1) is 15.8. The molecular weight excluding hydrogens is 284 g/mol. The normalized spacial score (nSPS) is 16.5. The van der Waals surface area contributed by atoms with Gasteiger partial charge in [0.25, 0.3) is 5.91 Å². The number of carbonyl (C=O) groups excluding carboxylic acids is 1. The molecule has 0 radical (unpaired) electrons. The second-order valence-electron chi connectivity index (χ2n) is 6.07. The highest BCUT2D eigenvalue weighted by atomic mass is 16.1. The number of hydrogen-bond donors (Lipinski definition) is 1. The molecule has 1 amide bonds. The van der Waals surface area contributed by atoms with E-state index in [0.29, 0.717) is 0 Å². The zero-order valence-electron chi connectivity index (χ0n) is 13.9. The Morgan fingerprint density at radius 3 is 2.22 bits per heavy atom. The molecule has 1 N–H and O–H groups in total. The molecule has 0 fully saturated rings. The van der Waals surface area contributed by atoms with Crippen LogP contribution in [0, 0.1) is 0 Å². The van der Waals surface area contributed by atoms with Gasteiger partial charge in [-0.2, -0.15) is 0 Å². The molecule has 3 nitrogen and oxygen atoms in total. The SMILES string of the molecule is CCCN(CCC)C1c2ccccc2NC(=O)c2ccccc21. The Labute approximate surface area is 138 Å². The standard InChI is InChI=1S/C20H24N2O/c1-3-13-22(14-4-2)19-15-9-5-6-10-16(15)20(23)21-18-12-8-7-11-17(18)19/h5-12,19H,3-4,13-14H2,1-2H3,(H,21,23). The van der Waals surface area contributed by atoms with Crippen LogP contribution in [0.15, 0.2) is 48.5 Å². The van der Waals surface area contributed by atoms with Gasteiger partial charge in [0.1, 0.15) is 0 Å². The number of carbonyl (C=O) groups is 1. The third kappa shape index (κ3) is 3.02. The van der Waals surface area contributed by atoms with Gasteiger partial charge in [-0.3, -0.25) is 9.69 Å². The van der Waals surface area contributed by atoms with Gasteiger partial charge in [0.05, 0.1) is 6.04 Å². The van der Waals surface area contributed by atoms with Crippen LogP contribution >= 0.6 is 0 Å². The summed E-state index contributed by atoms with van der Waals surface area (Å²) in [5.41, 5.74) is 4.01. The number of anilines is 1. The molecule has 0 spiro atoms. The summed E-state index contributed by atoms with van der Waals surface area (Å²) in [6.07, 6.45) is 2.20. The predicted octanol–water partition coefficient (Wildman–Crippen LogP) is 4.46. The van der Waals surface area contributed by atoms with Crippen molar-refractivity contribution in [3.05, 3.63) is 65.2 Å². The minimum atomic E-state index is -0.0107. The molecule has 2 aromatic carbocycles. The molecule has 0 saturated heterocycles. The molecule has 2 aromatic rings. The van der Waals surface area contributed by atoms with Crippen molar-refractivity contribution in [3.8, 4) is 0 Å². The molecule has 3 heteroatoms. The number of hydrogen-bond acceptors (Lipinski definition) is 2. The van der Waals surface area contributed by atoms with Crippen LogP contribution in [-0.2, 0) is 0 Å². The van der Waals surface area contributed by atoms with Crippen LogP contribution in [-0.4, -0.2) is 23.9 Å². The van der Waals surface area contributed by atoms with Crippen molar-refractivity contribution >= 4 is 11.6 Å². The van der Waals surface area contributed by atoms with Gasteiger partial charge >= 0.3 is 0 Å². The minimum Gasteiger partial charge on any atom is -0.322 e. The van der Waals surface area contributed by atoms with Crippen LogP contribution < -0.4 is 5.32 Å². The first-order chi connectivity index (χ1) is 11.3. The monoisotopic (exact) mass is 308 g/mol. The maximum absolute atomic E-state index is 12.6. The van der Waals surface area contributed by atoms with Crippen LogP contribution in [0.2, 0.25) is 0 Å². The van der Waals surface area contributed by atoms with Crippen molar-refractivity contribution in [2.75, 3.05) is 18.4 Å². The first-order valence-electron chi connectivity index (χ1n) is 8.49. The second kappa shape index (κ2) is 6.97. The Morgan fingerprint density at radius 2 is 1.52 bits per heavy atom. The molecule has 1 aliphatic rings. The molecule has 0 aromatic heterocycles. The average molecular weight is 308 g/mol. The third-order valence-electron chi connectivity index (χ3n) is 4.39. The topological polar surface area (TPSA) is 32.3 Å². The van der Waals surface area contributed by atoms with E-state index >= 15 is 0 Å². The van der Waals surface area contributed by atoms with E-state index in [4.69, 9.17) is 0 Å². The van der Waals surface area contributed by atoms with Crippen molar-refractivity contribution < 1.29 is 4.79 Å². The van der Waals surface area contributed by atoms with Gasteiger partial charge in [-0.15, -0.1) is 0 Å². The number of nitrogens with one attached hydrogen (secondary N) is 1. The largest absolute Gasteiger partial charge is 0.322 e. The van der Waals surface area contributed by atoms with Crippen molar-refractivity contribution in [1.82, 2.24) is 4.90 Å². The van der Waals surface area contributed by atoms with Crippen LogP contribution in [0.25, 0.3) is 0 Å². The van der Waals surface area contributed by atoms with Crippen molar-refractivity contribution in [1.29, 1.82) is 0 Å². The van der Waals surface area contributed by atoms with Crippen LogP contribution in [0.4, 0.5) is 5.69 Å². The summed E-state index contributed by atoms with van der Waals surface area (Å²) in [7, 11) is 0. The average Bonchev–Trinajstić information content (AvgIpc) is 2.69. The summed E-state index contributed by atoms with van der Waals surface area (Å²) >= 11 is 0. The smallest absolute Gasteiger partial charge is 0.256 e. The molecule has 0 saturated carbocycles. The number of fused-ring (bicyclic) bond motifs is 2. The van der Waals surface area contributed by atoms with E-state index in [1.807, 2.05) is 30.3 Å². The van der Waals surface area contributed by atoms with Gasteiger partial charge in [0.15, 0.2) is 0 Å². The van der Waals surface area contributed by atoms with Gasteiger partial charge in [-0.25, -0.2) is 0 Å². The second-order valence-corrected chi connectivity index (χ2v) is 6.07. The summed E-state index contributed by atoms with van der Waals surface area (Å²) in [5.74, 6) is -0.0107. The van der Waals surface area contributed by atoms with Gasteiger partial charge < -0.3 is 5.32 Å². The molecular formula is C20H24N2O. The lowest BCUT2D eigenvalue weighted by Crippen LogP contribution is -2.31. The lowest BCUT2D eigenvalue weighted by molar-refractivity contribution is 0.102. The fraction of sp³-hybridized carbons (Fsp3) is 0.350. The Balaban J connectivity index is 2.19. The molecule has 0 bridgehead atoms. The quantitative estimate of drug-likeness (QED) is 0.884. The van der Waals surface area contributed by atoms with E-state index in [-0.39, 0.29) is 11.9 Å². The lowest BCUT2D eigenvalue weighted by atomic mass is 9.93. The molecule has 1 heterocycles.